The number of benzene rings is 1. The summed E-state index contributed by atoms with van der Waals surface area (Å²) in [5, 5.41) is 0. The van der Waals surface area contributed by atoms with Gasteiger partial charge in [-0.05, 0) is 36.6 Å². The van der Waals surface area contributed by atoms with Gasteiger partial charge in [-0.1, -0.05) is 29.8 Å². The minimum Gasteiger partial charge on any atom is -0.271 e. The van der Waals surface area contributed by atoms with Gasteiger partial charge < -0.3 is 0 Å². The summed E-state index contributed by atoms with van der Waals surface area (Å²) in [5.74, 6) is 5.68. The fraction of sp³-hybridized carbons (Fsp3) is 0.214. The van der Waals surface area contributed by atoms with Crippen molar-refractivity contribution in [3.63, 3.8) is 0 Å². The van der Waals surface area contributed by atoms with Gasteiger partial charge >= 0.3 is 0 Å². The fourth-order valence-corrected chi connectivity index (χ4v) is 1.99. The van der Waals surface area contributed by atoms with Crippen LogP contribution in [0.1, 0.15) is 28.3 Å². The van der Waals surface area contributed by atoms with Crippen molar-refractivity contribution in [1.82, 2.24) is 10.4 Å². The van der Waals surface area contributed by atoms with Gasteiger partial charge in [0.05, 0.1) is 6.04 Å². The zero-order valence-electron chi connectivity index (χ0n) is 10.1. The number of nitrogens with one attached hydrogen (secondary N) is 1. The van der Waals surface area contributed by atoms with Crippen molar-refractivity contribution in [1.29, 1.82) is 0 Å². The predicted molar refractivity (Wildman–Crippen MR) is 69.3 cm³/mol. The first-order valence-electron chi connectivity index (χ1n) is 5.65. The maximum atomic E-state index is 5.68. The number of nitrogens with two attached hydrogens (primary N) is 1. The van der Waals surface area contributed by atoms with E-state index in [1.165, 1.54) is 11.1 Å². The first kappa shape index (κ1) is 11.8. The van der Waals surface area contributed by atoms with Crippen LogP contribution in [0, 0.1) is 13.8 Å². The summed E-state index contributed by atoms with van der Waals surface area (Å²) in [6.45, 7) is 4.14. The van der Waals surface area contributed by atoms with Crippen LogP contribution in [0.4, 0.5) is 0 Å². The van der Waals surface area contributed by atoms with Crippen LogP contribution >= 0.6 is 0 Å². The lowest BCUT2D eigenvalue weighted by molar-refractivity contribution is 0.631. The van der Waals surface area contributed by atoms with Gasteiger partial charge in [-0.2, -0.15) is 0 Å². The third-order valence-corrected chi connectivity index (χ3v) is 2.93. The summed E-state index contributed by atoms with van der Waals surface area (Å²) in [6, 6.07) is 10.3. The molecule has 0 bridgehead atoms. The van der Waals surface area contributed by atoms with E-state index in [0.717, 1.165) is 11.1 Å². The van der Waals surface area contributed by atoms with E-state index in [1.807, 2.05) is 18.3 Å². The first-order chi connectivity index (χ1) is 8.22. The fourth-order valence-electron chi connectivity index (χ4n) is 1.99. The van der Waals surface area contributed by atoms with Gasteiger partial charge in [0.2, 0.25) is 0 Å². The lowest BCUT2D eigenvalue weighted by Gasteiger charge is -2.18. The Morgan fingerprint density at radius 3 is 2.71 bits per heavy atom. The highest BCUT2D eigenvalue weighted by atomic mass is 15.2. The molecular formula is C14H17N3. The van der Waals surface area contributed by atoms with Crippen LogP contribution < -0.4 is 11.3 Å². The molecule has 1 unspecified atom stereocenters. The molecule has 0 aliphatic heterocycles. The van der Waals surface area contributed by atoms with Gasteiger partial charge in [0.1, 0.15) is 0 Å². The number of nitrogens with zero attached hydrogens (tertiary/aromatic N) is 1. The summed E-state index contributed by atoms with van der Waals surface area (Å²) < 4.78 is 0. The molecule has 1 aromatic carbocycles. The second-order valence-electron chi connectivity index (χ2n) is 4.25. The quantitative estimate of drug-likeness (QED) is 0.624. The van der Waals surface area contributed by atoms with E-state index < -0.39 is 0 Å². The third-order valence-electron chi connectivity index (χ3n) is 2.93. The Morgan fingerprint density at radius 1 is 1.24 bits per heavy atom. The van der Waals surface area contributed by atoms with E-state index in [-0.39, 0.29) is 6.04 Å². The van der Waals surface area contributed by atoms with E-state index in [9.17, 15) is 0 Å². The number of rotatable bonds is 3. The number of pyridine rings is 1. The van der Waals surface area contributed by atoms with E-state index >= 15 is 0 Å². The number of aryl methyl sites for hydroxylation is 2. The van der Waals surface area contributed by atoms with Crippen molar-refractivity contribution in [2.45, 2.75) is 19.9 Å². The van der Waals surface area contributed by atoms with E-state index in [0.29, 0.717) is 0 Å². The standard InChI is InChI=1S/C14H17N3/c1-10-4-3-5-12(8-10)14(17-15)13-9-16-7-6-11(13)2/h3-9,14,17H,15H2,1-2H3. The summed E-state index contributed by atoms with van der Waals surface area (Å²) in [4.78, 5) is 4.17. The monoisotopic (exact) mass is 227 g/mol. The summed E-state index contributed by atoms with van der Waals surface area (Å²) >= 11 is 0. The molecule has 1 aromatic heterocycles. The molecule has 0 saturated carbocycles. The maximum absolute atomic E-state index is 5.68. The highest BCUT2D eigenvalue weighted by molar-refractivity contribution is 5.36. The average molecular weight is 227 g/mol. The topological polar surface area (TPSA) is 50.9 Å². The van der Waals surface area contributed by atoms with Gasteiger partial charge in [-0.15, -0.1) is 0 Å². The summed E-state index contributed by atoms with van der Waals surface area (Å²) in [6.07, 6.45) is 3.66. The molecule has 3 nitrogen and oxygen atoms in total. The Kier molecular flexibility index (Phi) is 3.52. The molecule has 1 atom stereocenters. The maximum Gasteiger partial charge on any atom is 0.0727 e. The minimum atomic E-state index is -0.0106. The third kappa shape index (κ3) is 2.52. The molecule has 0 aliphatic rings. The van der Waals surface area contributed by atoms with Gasteiger partial charge in [0.15, 0.2) is 0 Å². The Hall–Kier alpha value is -1.71. The van der Waals surface area contributed by atoms with Crippen LogP contribution in [0.15, 0.2) is 42.7 Å². The molecule has 17 heavy (non-hydrogen) atoms. The number of hydrogen-bond donors (Lipinski definition) is 2. The van der Waals surface area contributed by atoms with Crippen LogP contribution in [-0.2, 0) is 0 Å². The molecule has 2 aromatic rings. The minimum absolute atomic E-state index is 0.0106. The Morgan fingerprint density at radius 2 is 2.06 bits per heavy atom. The largest absolute Gasteiger partial charge is 0.271 e. The van der Waals surface area contributed by atoms with Gasteiger partial charge in [-0.25, -0.2) is 5.43 Å². The second-order valence-corrected chi connectivity index (χ2v) is 4.25. The summed E-state index contributed by atoms with van der Waals surface area (Å²) in [7, 11) is 0. The molecule has 0 aliphatic carbocycles. The van der Waals surface area contributed by atoms with Crippen molar-refractivity contribution >= 4 is 0 Å². The van der Waals surface area contributed by atoms with E-state index in [2.05, 4.69) is 42.5 Å². The molecule has 3 heteroatoms. The molecule has 0 saturated heterocycles. The molecule has 88 valence electrons. The molecule has 0 amide bonds. The molecule has 0 fully saturated rings. The Labute approximate surface area is 102 Å². The predicted octanol–water partition coefficient (Wildman–Crippen LogP) is 2.25. The Bertz CT molecular complexity index is 508. The molecule has 3 N–H and O–H groups in total. The normalized spacial score (nSPS) is 12.4. The Balaban J connectivity index is 2.44. The van der Waals surface area contributed by atoms with Crippen LogP contribution in [0.2, 0.25) is 0 Å². The van der Waals surface area contributed by atoms with Crippen molar-refractivity contribution in [2.24, 2.45) is 5.84 Å². The van der Waals surface area contributed by atoms with Crippen molar-refractivity contribution in [2.75, 3.05) is 0 Å². The lowest BCUT2D eigenvalue weighted by Crippen LogP contribution is -2.29. The molecule has 1 heterocycles. The SMILES string of the molecule is Cc1cccc(C(NN)c2cnccc2C)c1. The lowest BCUT2D eigenvalue weighted by atomic mass is 9.96. The second kappa shape index (κ2) is 5.08. The average Bonchev–Trinajstić information content (AvgIpc) is 2.33. The summed E-state index contributed by atoms with van der Waals surface area (Å²) in [5.41, 5.74) is 7.54. The highest BCUT2D eigenvalue weighted by Crippen LogP contribution is 2.23. The van der Waals surface area contributed by atoms with Crippen LogP contribution in [-0.4, -0.2) is 4.98 Å². The van der Waals surface area contributed by atoms with E-state index in [4.69, 9.17) is 5.84 Å². The molecule has 0 spiro atoms. The van der Waals surface area contributed by atoms with Crippen molar-refractivity contribution < 1.29 is 0 Å². The smallest absolute Gasteiger partial charge is 0.0727 e. The highest BCUT2D eigenvalue weighted by Gasteiger charge is 2.14. The van der Waals surface area contributed by atoms with Gasteiger partial charge in [-0.3, -0.25) is 10.8 Å². The molecule has 2 rings (SSSR count). The van der Waals surface area contributed by atoms with Gasteiger partial charge in [0.25, 0.3) is 0 Å². The number of hydrogen-bond acceptors (Lipinski definition) is 3. The van der Waals surface area contributed by atoms with Crippen molar-refractivity contribution in [3.05, 3.63) is 65.0 Å². The van der Waals surface area contributed by atoms with Crippen LogP contribution in [0.5, 0.6) is 0 Å². The molecular weight excluding hydrogens is 210 g/mol. The first-order valence-corrected chi connectivity index (χ1v) is 5.65. The van der Waals surface area contributed by atoms with Crippen molar-refractivity contribution in [3.8, 4) is 0 Å². The molecule has 0 radical (unpaired) electrons. The van der Waals surface area contributed by atoms with E-state index in [1.54, 1.807) is 6.20 Å². The zero-order valence-corrected chi connectivity index (χ0v) is 10.1. The van der Waals surface area contributed by atoms with Gasteiger partial charge in [0, 0.05) is 12.4 Å². The number of hydrazine groups is 1. The van der Waals surface area contributed by atoms with Crippen LogP contribution in [0.3, 0.4) is 0 Å². The number of aromatic nitrogens is 1. The van der Waals surface area contributed by atoms with Crippen LogP contribution in [0.25, 0.3) is 0 Å². The zero-order chi connectivity index (χ0) is 12.3.